The zero-order valence-corrected chi connectivity index (χ0v) is 89.7. The Kier molecular flexibility index (Phi) is 47.1. The topological polar surface area (TPSA) is 232 Å². The standard InChI is InChI=1S/C36H42ClF3N8O2.C33H36ClF2N7O2.C33H36ClN7O3.2CH4.6H2S/c1-41-20-27-21-47(18-19-48(27)32(49)13-7-15-44(2)24-36(38,39)40)34-28-14-17-46(31-12-5-9-25-8-4-11-29(37)33(25)31)22-30(28)42-35(43-34)50-23-26-10-6-16-45(26)3;1-37-18-24-19-42(16-17-43(24)30(44)12-11-29(35)36)32-25-13-15-41(28-10-4-7-22-6-3-9-26(34)31(22)28)20-27(25)38-33(39-32)45-21-23-8-5-14-40(23)2;1-35-19-25-20-40(16-17-41(25)30(43)12-6-18-42)32-26-13-15-39(29-11-4-8-23-7-3-10-27(34)31(23)29)21-28(26)36-33(37-32)44-22-24-9-5-14-38(24)2;;;;;;;;/h4-5,7-9,11-13,26-27H,6,10,14-24H2,2-3H3;3-4,6-7,9-12,23-24,29H,5,8,13-21H2,2H3;3-4,7-8,10-11,24-25,42H,5,9,13-22H2,2H3;2*1H4;6*1H2/b13-7+;12-11+;;;;;;;;;/t26-,27-;23-,24-;24-,25-;;;;;;;;/m000......../s1. The fraction of sp³-hybridized carbons (Fsp3) is 0.481. The number of anilines is 6. The molecule has 9 aromatic rings. The van der Waals surface area contributed by atoms with E-state index in [2.05, 4.69) is 152 Å². The molecule has 29 nitrogen and oxygen atoms in total. The Morgan fingerprint density at radius 1 is 0.469 bits per heavy atom. The summed E-state index contributed by atoms with van der Waals surface area (Å²) >= 11 is 20.1. The molecule has 0 bridgehead atoms. The first-order valence-electron chi connectivity index (χ1n) is 47.4. The van der Waals surface area contributed by atoms with Crippen LogP contribution in [0.25, 0.3) is 46.9 Å². The van der Waals surface area contributed by atoms with E-state index in [9.17, 15) is 36.3 Å². The van der Waals surface area contributed by atoms with Crippen LogP contribution in [0.5, 0.6) is 18.0 Å². The Hall–Kier alpha value is -10.1. The zero-order chi connectivity index (χ0) is 97.5. The first kappa shape index (κ1) is 122. The number of hydrogen-bond donors (Lipinski definition) is 1. The summed E-state index contributed by atoms with van der Waals surface area (Å²) in [7, 11) is 7.67. The smallest absolute Gasteiger partial charge is 0.401 e. The molecule has 0 aliphatic carbocycles. The first-order chi connectivity index (χ1) is 67.3. The molecule has 6 aromatic carbocycles. The van der Waals surface area contributed by atoms with Crippen LogP contribution in [0.15, 0.2) is 133 Å². The number of aliphatic hydroxyl groups excluding tert-OH is 1. The van der Waals surface area contributed by atoms with E-state index < -0.39 is 37.1 Å². The quantitative estimate of drug-likeness (QED) is 0.0256. The molecular formula is C104H134Cl3F5N22O7S6. The van der Waals surface area contributed by atoms with Crippen LogP contribution in [0.4, 0.5) is 56.5 Å². The van der Waals surface area contributed by atoms with Gasteiger partial charge in [-0.25, -0.2) is 28.5 Å². The molecular weight excluding hydrogens is 2060 g/mol. The van der Waals surface area contributed by atoms with Gasteiger partial charge in [0.2, 0.25) is 31.4 Å². The maximum Gasteiger partial charge on any atom is 0.401 e. The highest BCUT2D eigenvalue weighted by atomic mass is 35.5. The molecule has 0 saturated carbocycles. The predicted octanol–water partition coefficient (Wildman–Crippen LogP) is 15.6. The van der Waals surface area contributed by atoms with Crippen molar-refractivity contribution in [1.82, 2.24) is 64.2 Å². The highest BCUT2D eigenvalue weighted by Crippen LogP contribution is 2.43. The molecule has 0 unspecified atom stereocenters. The number of nitrogens with zero attached hydrogens (tertiary/aromatic N) is 22. The lowest BCUT2D eigenvalue weighted by atomic mass is 10.0. The van der Waals surface area contributed by atoms with Gasteiger partial charge in [-0.3, -0.25) is 19.3 Å². The number of halogens is 8. The van der Waals surface area contributed by atoms with E-state index in [1.165, 1.54) is 24.1 Å². The van der Waals surface area contributed by atoms with E-state index in [0.29, 0.717) is 151 Å². The van der Waals surface area contributed by atoms with Crippen molar-refractivity contribution in [3.63, 3.8) is 0 Å². The highest BCUT2D eigenvalue weighted by molar-refractivity contribution is 7.60. The van der Waals surface area contributed by atoms with Crippen molar-refractivity contribution in [1.29, 1.82) is 0 Å². The van der Waals surface area contributed by atoms with Crippen molar-refractivity contribution in [2.75, 3.05) is 215 Å². The first-order valence-corrected chi connectivity index (χ1v) is 48.5. The molecule has 9 aliphatic rings. The van der Waals surface area contributed by atoms with Crippen LogP contribution in [-0.2, 0) is 53.3 Å². The lowest BCUT2D eigenvalue weighted by molar-refractivity contribution is -0.142. The molecule has 3 amide bonds. The van der Waals surface area contributed by atoms with Gasteiger partial charge in [-0.05, 0) is 170 Å². The summed E-state index contributed by atoms with van der Waals surface area (Å²) in [6, 6.07) is 37.1. The van der Waals surface area contributed by atoms with Crippen LogP contribution in [0, 0.1) is 31.6 Å². The monoisotopic (exact) mass is 2190 g/mol. The molecule has 6 atom stereocenters. The van der Waals surface area contributed by atoms with Crippen LogP contribution in [-0.4, -0.2) is 321 Å². The van der Waals surface area contributed by atoms with Gasteiger partial charge in [0.25, 0.3) is 12.3 Å². The zero-order valence-electron chi connectivity index (χ0n) is 81.5. The third-order valence-electron chi connectivity index (χ3n) is 27.7. The number of aromatic nitrogens is 6. The molecule has 6 saturated heterocycles. The number of benzene rings is 6. The van der Waals surface area contributed by atoms with Gasteiger partial charge < -0.3 is 92.7 Å². The van der Waals surface area contributed by atoms with Crippen LogP contribution in [0.3, 0.4) is 0 Å². The van der Waals surface area contributed by atoms with Gasteiger partial charge in [-0.2, -0.15) is 124 Å². The second kappa shape index (κ2) is 56.7. The van der Waals surface area contributed by atoms with Gasteiger partial charge in [0, 0.05) is 165 Å². The van der Waals surface area contributed by atoms with Crippen molar-refractivity contribution < 1.29 is 55.7 Å². The Balaban J connectivity index is 0.000000262. The molecule has 9 aliphatic heterocycles. The average Bonchev–Trinajstić information content (AvgIpc) is 1.25. The van der Waals surface area contributed by atoms with Gasteiger partial charge in [-0.1, -0.05) is 134 Å². The third kappa shape index (κ3) is 29.8. The van der Waals surface area contributed by atoms with E-state index in [4.69, 9.17) is 104 Å². The number of amides is 3. The number of carbonyl (C=O) groups is 3. The largest absolute Gasteiger partial charge is 0.462 e. The minimum Gasteiger partial charge on any atom is -0.462 e. The minimum absolute atomic E-state index is 0. The Morgan fingerprint density at radius 3 is 1.11 bits per heavy atom. The maximum absolute atomic E-state index is 13.2. The Bertz CT molecular complexity index is 6240. The summed E-state index contributed by atoms with van der Waals surface area (Å²) in [4.78, 5) is 105. The van der Waals surface area contributed by atoms with E-state index in [1.54, 1.807) is 9.80 Å². The van der Waals surface area contributed by atoms with Crippen molar-refractivity contribution >= 4 is 200 Å². The van der Waals surface area contributed by atoms with Crippen molar-refractivity contribution in [3.05, 3.63) is 217 Å². The normalized spacial score (nSPS) is 19.2. The number of alkyl halides is 5. The highest BCUT2D eigenvalue weighted by Gasteiger charge is 2.41. The summed E-state index contributed by atoms with van der Waals surface area (Å²) in [6.45, 7) is 33.6. The van der Waals surface area contributed by atoms with E-state index >= 15 is 0 Å². The molecule has 18 rings (SSSR count). The molecule has 43 heteroatoms. The Morgan fingerprint density at radius 2 is 0.796 bits per heavy atom. The van der Waals surface area contributed by atoms with Gasteiger partial charge >= 0.3 is 24.2 Å². The number of likely N-dealkylation sites (N-methyl/N-ethyl adjacent to an activating group) is 4. The summed E-state index contributed by atoms with van der Waals surface area (Å²) in [6.07, 6.45) is 5.88. The molecule has 3 aromatic heterocycles. The van der Waals surface area contributed by atoms with Crippen LogP contribution < -0.4 is 43.6 Å². The molecule has 147 heavy (non-hydrogen) atoms. The predicted molar refractivity (Wildman–Crippen MR) is 607 cm³/mol. The maximum atomic E-state index is 13.2. The lowest BCUT2D eigenvalue weighted by Crippen LogP contribution is -2.56. The van der Waals surface area contributed by atoms with E-state index in [0.717, 1.165) is 201 Å². The lowest BCUT2D eigenvalue weighted by Gasteiger charge is -2.41. The molecule has 6 fully saturated rings. The van der Waals surface area contributed by atoms with E-state index in [-0.39, 0.29) is 159 Å². The van der Waals surface area contributed by atoms with Crippen molar-refractivity contribution in [2.24, 2.45) is 0 Å². The summed E-state index contributed by atoms with van der Waals surface area (Å²) < 4.78 is 82.5. The number of aliphatic hydroxyl groups is 1. The third-order valence-corrected chi connectivity index (χ3v) is 28.6. The molecule has 794 valence electrons. The van der Waals surface area contributed by atoms with E-state index in [1.807, 2.05) is 48.5 Å². The summed E-state index contributed by atoms with van der Waals surface area (Å²) in [5.74, 6) is 6.04. The van der Waals surface area contributed by atoms with Gasteiger partial charge in [-0.15, -0.1) is 0 Å². The number of piperazine rings is 3. The van der Waals surface area contributed by atoms with Crippen LogP contribution in [0.2, 0.25) is 15.1 Å². The van der Waals surface area contributed by atoms with Crippen LogP contribution >= 0.6 is 116 Å². The second-order valence-corrected chi connectivity index (χ2v) is 37.9. The summed E-state index contributed by atoms with van der Waals surface area (Å²) in [5, 5.41) is 17.4. The van der Waals surface area contributed by atoms with Gasteiger partial charge in [0.15, 0.2) is 0 Å². The fourth-order valence-corrected chi connectivity index (χ4v) is 21.3. The fourth-order valence-electron chi connectivity index (χ4n) is 20.5. The molecule has 0 spiro atoms. The molecule has 0 radical (unpaired) electrons. The van der Waals surface area contributed by atoms with Gasteiger partial charge in [0.1, 0.15) is 62.0 Å². The number of ether oxygens (including phenoxy) is 3. The second-order valence-electron chi connectivity index (χ2n) is 36.6. The minimum atomic E-state index is -4.32. The Labute approximate surface area is 915 Å². The van der Waals surface area contributed by atoms with Crippen molar-refractivity contribution in [3.8, 4) is 29.9 Å². The average molecular weight is 2200 g/mol. The number of allylic oxidation sites excluding steroid dienone is 1. The number of rotatable bonds is 24. The van der Waals surface area contributed by atoms with Gasteiger partial charge in [0.05, 0.1) is 58.3 Å². The number of hydrogen-bond acceptors (Lipinski definition) is 23. The van der Waals surface area contributed by atoms with Crippen molar-refractivity contribution in [2.45, 2.75) is 141 Å². The number of carbonyl (C=O) groups excluding carboxylic acids is 3. The summed E-state index contributed by atoms with van der Waals surface area (Å²) in [5.41, 5.74) is 8.90. The number of fused-ring (bicyclic) bond motifs is 6. The molecule has 12 heterocycles. The molecule has 1 N–H and O–H groups in total. The van der Waals surface area contributed by atoms with Crippen LogP contribution in [0.1, 0.15) is 87.2 Å². The SMILES string of the molecule is C.C.S.S.S.S.S.S.[C-]#[N+]C[C@H]1CN(c2nc(OC[C@@H]3CCCN3C)nc3c2CCN(c2cccc4cccc(Cl)c24)C3)CCN1C(=O)/C=C/C(F)F.[C-]#[N+]C[C@H]1CN(c2nc(OC[C@@H]3CCCN3C)nc3c2CCN(c2cccc4cccc(Cl)c24)C3)CCN1C(=O)/C=C/CN(C)CC(F)(F)F.[C-]#[N+]C[C@H]1CN(c2nc(OC[C@@H]3CCCN3C)nc3c2CCN(c2cccc4cccc(Cl)c24)C3)CCN1C(=O)C#CCO. The number of likely N-dealkylation sites (tertiary alicyclic amines) is 3.